The summed E-state index contributed by atoms with van der Waals surface area (Å²) in [6.45, 7) is -0.0647. The zero-order valence-electron chi connectivity index (χ0n) is 75.1. The molecule has 135 heavy (non-hydrogen) atoms. The Morgan fingerprint density at radius 1 is 0.563 bits per heavy atom. The highest BCUT2D eigenvalue weighted by atomic mass is 32.2. The van der Waals surface area contributed by atoms with Gasteiger partial charge in [-0.3, -0.25) is 81.5 Å². The molecule has 18 N–H and O–H groups in total. The number of para-hydroxylation sites is 1. The summed E-state index contributed by atoms with van der Waals surface area (Å²) in [7, 11) is 4.73. The number of phenolic OH excluding ortho intramolecular Hbond substituents is 1. The minimum atomic E-state index is -2.09. The number of aromatic amines is 1. The third-order valence-corrected chi connectivity index (χ3v) is 24.4. The number of thioether (sulfide) groups is 1. The summed E-state index contributed by atoms with van der Waals surface area (Å²) in [5, 5.41) is 65.7. The number of carboxylic acid groups (broad SMARTS) is 2. The number of nitrogens with two attached hydrogens (primary N) is 2. The number of hydrogen-bond acceptors (Lipinski definition) is 23. The number of carbonyl (C=O) groups is 17. The number of amides is 15. The molecular weight excluding hydrogens is 1790 g/mol. The van der Waals surface area contributed by atoms with E-state index in [0.29, 0.717) is 57.1 Å². The van der Waals surface area contributed by atoms with E-state index >= 15 is 51.9 Å². The number of halogens is 3. The fraction of sp³-hybridized carbons (Fsp3) is 0.462. The van der Waals surface area contributed by atoms with Crippen LogP contribution in [0.4, 0.5) is 13.2 Å². The minimum Gasteiger partial charge on any atom is -0.508 e. The van der Waals surface area contributed by atoms with Crippen LogP contribution in [-0.4, -0.2) is 321 Å². The van der Waals surface area contributed by atoms with Crippen LogP contribution < -0.4 is 59.3 Å². The Hall–Kier alpha value is -13.6. The largest absolute Gasteiger partial charge is 0.508 e. The maximum atomic E-state index is 15.7. The number of nitrogens with one attached hydrogen (secondary N) is 10. The lowest BCUT2D eigenvalue weighted by atomic mass is 9.98. The number of aliphatic carboxylic acids is 2. The lowest BCUT2D eigenvalue weighted by Gasteiger charge is -2.38. The first-order valence-electron chi connectivity index (χ1n) is 43.7. The Balaban J connectivity index is 1.14. The van der Waals surface area contributed by atoms with Gasteiger partial charge in [-0.2, -0.15) is 0 Å². The molecule has 9 rings (SSSR count). The van der Waals surface area contributed by atoms with Gasteiger partial charge in [-0.25, -0.2) is 13.2 Å². The highest BCUT2D eigenvalue weighted by Gasteiger charge is 2.48. The maximum absolute atomic E-state index is 15.7. The molecule has 1 aromatic heterocycles. The van der Waals surface area contributed by atoms with Crippen molar-refractivity contribution < 1.29 is 125 Å². The maximum Gasteiger partial charge on any atom is 0.305 e. The molecule has 4 heterocycles. The Labute approximate surface area is 778 Å². The molecule has 0 unspecified atom stereocenters. The van der Waals surface area contributed by atoms with Crippen LogP contribution >= 0.6 is 11.8 Å². The molecule has 0 aliphatic carbocycles. The first-order chi connectivity index (χ1) is 64.2. The number of phenols is 1. The summed E-state index contributed by atoms with van der Waals surface area (Å²) in [6, 6.07) is 6.48. The molecule has 15 amide bonds. The second-order valence-corrected chi connectivity index (χ2v) is 34.5. The molecule has 728 valence electrons. The molecule has 0 spiro atoms. The van der Waals surface area contributed by atoms with E-state index in [1.165, 1.54) is 52.3 Å². The van der Waals surface area contributed by atoms with Crippen LogP contribution in [-0.2, 0) is 123 Å². The number of aromatic hydroxyl groups is 1. The van der Waals surface area contributed by atoms with Gasteiger partial charge < -0.3 is 119 Å². The average molecular weight is 1900 g/mol. The van der Waals surface area contributed by atoms with Gasteiger partial charge in [0.25, 0.3) is 0 Å². The van der Waals surface area contributed by atoms with Crippen molar-refractivity contribution in [1.82, 2.24) is 77.3 Å². The highest BCUT2D eigenvalue weighted by Crippen LogP contribution is 2.28. The molecule has 3 fully saturated rings. The quantitative estimate of drug-likeness (QED) is 0.0289. The van der Waals surface area contributed by atoms with Gasteiger partial charge >= 0.3 is 11.9 Å². The van der Waals surface area contributed by atoms with E-state index in [4.69, 9.17) is 20.9 Å². The predicted octanol–water partition coefficient (Wildman–Crippen LogP) is -1.53. The number of benzene rings is 5. The molecule has 40 nitrogen and oxygen atoms in total. The number of primary amides is 1. The molecule has 0 saturated carbocycles. The SMILES string of the molecule is COCC[C@H]1C(=O)N2C[C@@H](O)C[C@@H]2C(=O)N[C@@H](CC(=O)O)C(=O)N[C@@H](C(C)C)C(=O)N(C)[C@@H](Cc2ccccc2)C(=O)N[C@@H](CCC(=O)O)C(=O)N2CCOC[C@@H]2C(=O)N[C@H](Cc2c[nH]c3ccccc23)C(=O)N[C@@H](Cc2ccc(O)cc2)C(=O)N[C@@H](CCCN)C(=O)N[C@H](C(=O)NCC(N)=O)CSCC(=O)N[C@@H](Cc2cc(F)c(F)c(F)c2)C(=O)N(C)[C@@H](Cc2ccccc2)C(=O)N1C. The molecular formula is C91H114F3N17O23S. The van der Waals surface area contributed by atoms with Crippen molar-refractivity contribution >= 4 is 123 Å². The zero-order chi connectivity index (χ0) is 98.6. The van der Waals surface area contributed by atoms with Crippen LogP contribution in [0, 0.1) is 23.4 Å². The van der Waals surface area contributed by atoms with E-state index in [1.807, 2.05) is 0 Å². The van der Waals surface area contributed by atoms with Crippen molar-refractivity contribution in [2.45, 2.75) is 176 Å². The summed E-state index contributed by atoms with van der Waals surface area (Å²) in [5.41, 5.74) is 13.1. The number of methoxy groups -OCH3 is 1. The number of aliphatic hydroxyl groups is 1. The Morgan fingerprint density at radius 2 is 1.12 bits per heavy atom. The number of aliphatic hydroxyl groups excluding tert-OH is 1. The number of fused-ring (bicyclic) bond motifs is 3. The standard InChI is InChI=1S/C91H114F3N17O23S/c1-49(2)78-91(132)108(4)69(38-50-16-9-7-10-17-50)84(125)101-62(27-28-75(116)117)88(129)110-31-33-134-46-72(110)86(127)103-64(40-54-43-97-60-21-14-13-20-57(54)60)82(123)102-63(36-52-23-25-55(112)26-24-52)81(122)100-61(22-15-30-95)80(121)105-67(79(120)98-44-73(96)114)47-135-48-74(115)99-66(37-53-34-58(92)77(94)59(93)35-53)87(128)109(5)71(39-51-18-11-8-12-19-51)89(130)107(3)68(29-32-133-6)90(131)111-45-56(113)41-70(111)85(126)104-65(42-76(118)119)83(124)106-78/h7-14,16-21,23-26,34-35,43,49,56,61-72,78,97,112-113H,15,22,27-33,36-42,44-48,95H2,1-6H3,(H2,96,114)(H,98,120)(H,99,115)(H,100,122)(H,101,125)(H,102,123)(H,103,127)(H,104,126)(H,105,121)(H,106,124)(H,116,117)(H,118,119)/t56-,61-,62-,63-,64+,65-,66-,67-,68-,69-,70+,71-,72+,78-/m0/s1. The molecule has 0 bridgehead atoms. The fourth-order valence-electron chi connectivity index (χ4n) is 16.0. The Bertz CT molecular complexity index is 5240. The number of likely N-dealkylation sites (N-methyl/N-ethyl adjacent to an activating group) is 3. The number of aromatic nitrogens is 1. The third kappa shape index (κ3) is 29.5. The fourth-order valence-corrected chi connectivity index (χ4v) is 16.8. The van der Waals surface area contributed by atoms with Gasteiger partial charge in [0.2, 0.25) is 88.6 Å². The van der Waals surface area contributed by atoms with Crippen molar-refractivity contribution in [3.05, 3.63) is 173 Å². The number of nitrogens with zero attached hydrogens (tertiary/aromatic N) is 5. The molecule has 14 atom stereocenters. The van der Waals surface area contributed by atoms with Crippen LogP contribution in [0.2, 0.25) is 0 Å². The monoisotopic (exact) mass is 1900 g/mol. The van der Waals surface area contributed by atoms with Gasteiger partial charge in [-0.1, -0.05) is 105 Å². The third-order valence-electron chi connectivity index (χ3n) is 23.3. The molecule has 3 aliphatic rings. The van der Waals surface area contributed by atoms with Crippen LogP contribution in [0.3, 0.4) is 0 Å². The summed E-state index contributed by atoms with van der Waals surface area (Å²) in [6.07, 6.45) is -6.07. The van der Waals surface area contributed by atoms with E-state index in [-0.39, 0.29) is 64.0 Å². The topological polar surface area (TPSA) is 582 Å². The van der Waals surface area contributed by atoms with Gasteiger partial charge in [0.15, 0.2) is 17.5 Å². The normalized spacial score (nSPS) is 24.0. The number of carboxylic acids is 2. The van der Waals surface area contributed by atoms with E-state index in [0.717, 1.165) is 38.6 Å². The second-order valence-electron chi connectivity index (χ2n) is 33.5. The summed E-state index contributed by atoms with van der Waals surface area (Å²) < 4.78 is 56.3. The van der Waals surface area contributed by atoms with Crippen LogP contribution in [0.5, 0.6) is 5.75 Å². The second kappa shape index (κ2) is 49.9. The zero-order valence-corrected chi connectivity index (χ0v) is 75.9. The predicted molar refractivity (Wildman–Crippen MR) is 480 cm³/mol. The van der Waals surface area contributed by atoms with Gasteiger partial charge in [0, 0.05) is 122 Å². The van der Waals surface area contributed by atoms with Crippen molar-refractivity contribution in [3.8, 4) is 5.75 Å². The van der Waals surface area contributed by atoms with Crippen LogP contribution in [0.25, 0.3) is 10.9 Å². The summed E-state index contributed by atoms with van der Waals surface area (Å²) >= 11 is 0.620. The van der Waals surface area contributed by atoms with E-state index in [2.05, 4.69) is 52.8 Å². The van der Waals surface area contributed by atoms with E-state index in [1.54, 1.807) is 91.1 Å². The van der Waals surface area contributed by atoms with Gasteiger partial charge in [-0.05, 0) is 89.9 Å². The van der Waals surface area contributed by atoms with Crippen LogP contribution in [0.15, 0.2) is 128 Å². The number of morpholine rings is 1. The van der Waals surface area contributed by atoms with Crippen molar-refractivity contribution in [3.63, 3.8) is 0 Å². The lowest BCUT2D eigenvalue weighted by molar-refractivity contribution is -0.153. The Morgan fingerprint density at radius 3 is 1.74 bits per heavy atom. The van der Waals surface area contributed by atoms with Crippen LogP contribution in [0.1, 0.15) is 86.6 Å². The Kier molecular flexibility index (Phi) is 38.9. The van der Waals surface area contributed by atoms with E-state index < -0.39 is 290 Å². The number of hydrogen-bond donors (Lipinski definition) is 16. The first-order valence-corrected chi connectivity index (χ1v) is 44.8. The molecule has 5 aromatic carbocycles. The molecule has 44 heteroatoms. The number of carbonyl (C=O) groups excluding carboxylic acids is 15. The number of H-pyrrole nitrogens is 1. The summed E-state index contributed by atoms with van der Waals surface area (Å²) in [5.74, 6) is -27.3. The lowest BCUT2D eigenvalue weighted by Crippen LogP contribution is -2.64. The van der Waals surface area contributed by atoms with E-state index in [9.17, 15) is 63.2 Å². The number of ether oxygens (including phenoxy) is 2. The molecule has 3 aliphatic heterocycles. The number of rotatable bonds is 25. The first kappa shape index (κ1) is 105. The highest BCUT2D eigenvalue weighted by molar-refractivity contribution is 8.00. The minimum absolute atomic E-state index is 0.00432. The van der Waals surface area contributed by atoms with Crippen molar-refractivity contribution in [2.75, 3.05) is 85.8 Å². The molecule has 0 radical (unpaired) electrons. The summed E-state index contributed by atoms with van der Waals surface area (Å²) in [4.78, 5) is 257. The molecule has 6 aromatic rings. The smallest absolute Gasteiger partial charge is 0.305 e. The van der Waals surface area contributed by atoms with Gasteiger partial charge in [0.05, 0.1) is 38.0 Å². The van der Waals surface area contributed by atoms with Gasteiger partial charge in [0.1, 0.15) is 84.3 Å². The van der Waals surface area contributed by atoms with Crippen molar-refractivity contribution in [1.29, 1.82) is 0 Å². The average Bonchev–Trinajstić information content (AvgIpc) is 1.62. The molecule has 3 saturated heterocycles. The van der Waals surface area contributed by atoms with Crippen molar-refractivity contribution in [2.24, 2.45) is 17.4 Å². The van der Waals surface area contributed by atoms with Gasteiger partial charge in [-0.15, -0.1) is 11.8 Å².